The van der Waals surface area contributed by atoms with E-state index < -0.39 is 30.0 Å². The van der Waals surface area contributed by atoms with Crippen molar-refractivity contribution in [2.75, 3.05) is 0 Å². The molecule has 0 saturated heterocycles. The van der Waals surface area contributed by atoms with Gasteiger partial charge in [0, 0.05) is 0 Å². The fraction of sp³-hybridized carbons (Fsp3) is 0. The van der Waals surface area contributed by atoms with Crippen molar-refractivity contribution in [1.29, 1.82) is 0 Å². The fourth-order valence-electron chi connectivity index (χ4n) is 3.79. The smallest absolute Gasteiger partial charge is 0.282 e. The van der Waals surface area contributed by atoms with Crippen LogP contribution in [0.3, 0.4) is 0 Å². The van der Waals surface area contributed by atoms with E-state index in [2.05, 4.69) is 0 Å². The molecule has 38 heavy (non-hydrogen) atoms. The van der Waals surface area contributed by atoms with E-state index in [0.29, 0.717) is 11.1 Å². The second-order valence-corrected chi connectivity index (χ2v) is 11.8. The topological polar surface area (TPSA) is 109 Å². The monoisotopic (exact) mass is 586 g/mol. The Morgan fingerprint density at radius 2 is 1.11 bits per heavy atom. The first-order valence-electron chi connectivity index (χ1n) is 11.0. The van der Waals surface area contributed by atoms with Crippen LogP contribution in [0.25, 0.3) is 35.4 Å². The average Bonchev–Trinajstić information content (AvgIpc) is 2.87. The van der Waals surface area contributed by atoms with E-state index in [0.717, 1.165) is 22.3 Å². The molecule has 4 aromatic carbocycles. The van der Waals surface area contributed by atoms with Gasteiger partial charge in [0.2, 0.25) is 0 Å². The van der Waals surface area contributed by atoms with Crippen LogP contribution in [0.15, 0.2) is 94.7 Å². The van der Waals surface area contributed by atoms with Gasteiger partial charge in [0.25, 0.3) is 20.2 Å². The Hall–Kier alpha value is -3.24. The molecule has 0 atom stereocenters. The summed E-state index contributed by atoms with van der Waals surface area (Å²) in [6.07, 6.45) is 6.98. The van der Waals surface area contributed by atoms with Gasteiger partial charge in [0.05, 0.1) is 10.0 Å². The van der Waals surface area contributed by atoms with Gasteiger partial charge in [-0.2, -0.15) is 16.8 Å². The van der Waals surface area contributed by atoms with Crippen LogP contribution in [0.1, 0.15) is 22.3 Å². The Balaban J connectivity index is 1.82. The second-order valence-electron chi connectivity index (χ2n) is 8.17. The number of hydrogen-bond donors (Lipinski definition) is 2. The lowest BCUT2D eigenvalue weighted by Crippen LogP contribution is -1.99. The maximum absolute atomic E-state index is 11.7. The molecule has 0 bridgehead atoms. The molecule has 0 radical (unpaired) electrons. The van der Waals surface area contributed by atoms with Crippen LogP contribution in [0.5, 0.6) is 0 Å². The van der Waals surface area contributed by atoms with E-state index in [1.807, 2.05) is 54.6 Å². The molecule has 0 aromatic heterocycles. The third-order valence-electron chi connectivity index (χ3n) is 5.59. The molecule has 6 nitrogen and oxygen atoms in total. The molecule has 0 aliphatic heterocycles. The van der Waals surface area contributed by atoms with E-state index in [9.17, 15) is 25.9 Å². The average molecular weight is 588 g/mol. The molecule has 0 saturated carbocycles. The zero-order valence-electron chi connectivity index (χ0n) is 19.5. The second kappa shape index (κ2) is 11.2. The molecule has 0 spiro atoms. The molecule has 194 valence electrons. The van der Waals surface area contributed by atoms with Crippen LogP contribution in [0.2, 0.25) is 10.0 Å². The summed E-state index contributed by atoms with van der Waals surface area (Å²) in [5.74, 6) is 0. The first kappa shape index (κ1) is 27.8. The zero-order valence-corrected chi connectivity index (χ0v) is 22.6. The number of benzene rings is 4. The Labute approximate surface area is 231 Å². The van der Waals surface area contributed by atoms with Crippen molar-refractivity contribution in [3.63, 3.8) is 0 Å². The van der Waals surface area contributed by atoms with Gasteiger partial charge in [-0.15, -0.1) is 0 Å². The zero-order chi connectivity index (χ0) is 27.5. The summed E-state index contributed by atoms with van der Waals surface area (Å²) in [6.45, 7) is 0. The first-order chi connectivity index (χ1) is 17.9. The lowest BCUT2D eigenvalue weighted by atomic mass is 9.94. The predicted molar refractivity (Wildman–Crippen MR) is 152 cm³/mol. The van der Waals surface area contributed by atoms with E-state index in [-0.39, 0.29) is 10.0 Å². The van der Waals surface area contributed by atoms with Crippen molar-refractivity contribution >= 4 is 67.7 Å². The van der Waals surface area contributed by atoms with Crippen LogP contribution in [0, 0.1) is 0 Å². The van der Waals surface area contributed by atoms with Gasteiger partial charge < -0.3 is 0 Å². The van der Waals surface area contributed by atoms with E-state index in [4.69, 9.17) is 23.2 Å². The molecule has 0 amide bonds. The van der Waals surface area contributed by atoms with Crippen molar-refractivity contribution in [2.45, 2.75) is 9.79 Å². The molecular formula is C28H20Cl2O6S2. The lowest BCUT2D eigenvalue weighted by Gasteiger charge is -2.11. The highest BCUT2D eigenvalue weighted by atomic mass is 35.5. The standard InChI is InChI=1S/C28H20Cl2O6S2/c29-25-15-11-19(17-27(25)37(31,32)33)9-13-22-7-4-8-23(21-5-2-1-3-6-21)24(22)14-10-20-12-16-26(30)28(18-20)38(34,35)36/h1-18H,(H,31,32,33)(H,34,35,36). The molecule has 0 aliphatic rings. The third kappa shape index (κ3) is 6.60. The Kier molecular flexibility index (Phi) is 8.22. The Bertz CT molecular complexity index is 1780. The van der Waals surface area contributed by atoms with Crippen LogP contribution in [0.4, 0.5) is 0 Å². The minimum Gasteiger partial charge on any atom is -0.282 e. The van der Waals surface area contributed by atoms with Crippen LogP contribution in [-0.4, -0.2) is 25.9 Å². The molecule has 2 N–H and O–H groups in total. The predicted octanol–water partition coefficient (Wildman–Crippen LogP) is 7.49. The summed E-state index contributed by atoms with van der Waals surface area (Å²) < 4.78 is 65.5. The molecule has 0 unspecified atom stereocenters. The van der Waals surface area contributed by atoms with Gasteiger partial charge in [0.15, 0.2) is 0 Å². The van der Waals surface area contributed by atoms with Crippen LogP contribution >= 0.6 is 23.2 Å². The number of hydrogen-bond acceptors (Lipinski definition) is 4. The quantitative estimate of drug-likeness (QED) is 0.171. The molecule has 0 fully saturated rings. The summed E-state index contributed by atoms with van der Waals surface area (Å²) in [7, 11) is -9.00. The summed E-state index contributed by atoms with van der Waals surface area (Å²) in [4.78, 5) is -0.785. The minimum absolute atomic E-state index is 0.0911. The minimum atomic E-state index is -4.50. The highest BCUT2D eigenvalue weighted by Gasteiger charge is 2.16. The van der Waals surface area contributed by atoms with Crippen molar-refractivity contribution in [2.24, 2.45) is 0 Å². The first-order valence-corrected chi connectivity index (χ1v) is 14.7. The summed E-state index contributed by atoms with van der Waals surface area (Å²) in [5, 5.41) is -0.184. The molecule has 10 heteroatoms. The van der Waals surface area contributed by atoms with Crippen molar-refractivity contribution in [3.05, 3.63) is 117 Å². The fourth-order valence-corrected chi connectivity index (χ4v) is 5.81. The van der Waals surface area contributed by atoms with Crippen LogP contribution in [-0.2, 0) is 20.2 Å². The highest BCUT2D eigenvalue weighted by molar-refractivity contribution is 7.86. The summed E-state index contributed by atoms with van der Waals surface area (Å²) in [6, 6.07) is 23.9. The van der Waals surface area contributed by atoms with Gasteiger partial charge in [-0.1, -0.05) is 108 Å². The van der Waals surface area contributed by atoms with E-state index in [1.165, 1.54) is 24.3 Å². The van der Waals surface area contributed by atoms with Crippen molar-refractivity contribution in [1.82, 2.24) is 0 Å². The van der Waals surface area contributed by atoms with Gasteiger partial charge in [0.1, 0.15) is 9.79 Å². The van der Waals surface area contributed by atoms with Crippen molar-refractivity contribution in [3.8, 4) is 11.1 Å². The van der Waals surface area contributed by atoms with Crippen molar-refractivity contribution < 1.29 is 25.9 Å². The SMILES string of the molecule is O=S(=O)(O)c1cc(C=Cc2cccc(-c3ccccc3)c2C=Cc2ccc(Cl)c(S(=O)(=O)O)c2)ccc1Cl. The molecule has 0 aliphatic carbocycles. The van der Waals surface area contributed by atoms with E-state index in [1.54, 1.807) is 30.4 Å². The Morgan fingerprint density at radius 3 is 1.63 bits per heavy atom. The molecule has 0 heterocycles. The number of rotatable bonds is 7. The normalized spacial score (nSPS) is 12.4. The van der Waals surface area contributed by atoms with Gasteiger partial charge in [-0.3, -0.25) is 9.11 Å². The molecular weight excluding hydrogens is 567 g/mol. The van der Waals surface area contributed by atoms with E-state index >= 15 is 0 Å². The third-order valence-corrected chi connectivity index (χ3v) is 8.26. The van der Waals surface area contributed by atoms with Gasteiger partial charge in [-0.05, 0) is 57.6 Å². The summed E-state index contributed by atoms with van der Waals surface area (Å²) in [5.41, 5.74) is 4.39. The lowest BCUT2D eigenvalue weighted by molar-refractivity contribution is 0.481. The highest BCUT2D eigenvalue weighted by Crippen LogP contribution is 2.31. The maximum atomic E-state index is 11.7. The molecule has 4 rings (SSSR count). The maximum Gasteiger partial charge on any atom is 0.296 e. The summed E-state index contributed by atoms with van der Waals surface area (Å²) >= 11 is 11.9. The Morgan fingerprint density at radius 1 is 0.579 bits per heavy atom. The number of halogens is 2. The molecule has 4 aromatic rings. The van der Waals surface area contributed by atoms with Gasteiger partial charge >= 0.3 is 0 Å². The van der Waals surface area contributed by atoms with Crippen LogP contribution < -0.4 is 0 Å². The van der Waals surface area contributed by atoms with Gasteiger partial charge in [-0.25, -0.2) is 0 Å². The largest absolute Gasteiger partial charge is 0.296 e.